The summed E-state index contributed by atoms with van der Waals surface area (Å²) in [6.07, 6.45) is 0. The quantitative estimate of drug-likeness (QED) is 0.196. The average molecular weight is 581 g/mol. The predicted octanol–water partition coefficient (Wildman–Crippen LogP) is 11.2. The number of rotatable bonds is 3. The predicted molar refractivity (Wildman–Crippen MR) is 172 cm³/mol. The Balaban J connectivity index is 1.35. The summed E-state index contributed by atoms with van der Waals surface area (Å²) in [5.74, 6) is 0. The van der Waals surface area contributed by atoms with Gasteiger partial charge in [0, 0.05) is 41.1 Å². The van der Waals surface area contributed by atoms with E-state index in [9.17, 15) is 0 Å². The Kier molecular flexibility index (Phi) is 5.22. The lowest BCUT2D eigenvalue weighted by Crippen LogP contribution is -1.93. The van der Waals surface area contributed by atoms with Crippen molar-refractivity contribution in [3.8, 4) is 27.9 Å². The second kappa shape index (κ2) is 8.94. The number of nitrogens with zero attached hydrogens (tertiary/aromatic N) is 1. The van der Waals surface area contributed by atoms with E-state index in [-0.39, 0.29) is 0 Å². The highest BCUT2D eigenvalue weighted by atomic mass is 79.9. The summed E-state index contributed by atoms with van der Waals surface area (Å²) in [6, 6.07) is 48.4. The maximum Gasteiger partial charge on any atom is 0.0547 e. The Hall–Kier alpha value is -4.18. The van der Waals surface area contributed by atoms with Crippen molar-refractivity contribution in [2.24, 2.45) is 0 Å². The Morgan fingerprint density at radius 3 is 2.10 bits per heavy atom. The van der Waals surface area contributed by atoms with E-state index in [2.05, 4.69) is 154 Å². The number of halogens is 1. The van der Waals surface area contributed by atoms with Crippen LogP contribution >= 0.6 is 27.3 Å². The van der Waals surface area contributed by atoms with Crippen molar-refractivity contribution < 1.29 is 0 Å². The highest BCUT2D eigenvalue weighted by molar-refractivity contribution is 9.10. The van der Waals surface area contributed by atoms with Crippen LogP contribution in [0, 0.1) is 0 Å². The molecule has 0 radical (unpaired) electrons. The van der Waals surface area contributed by atoms with Gasteiger partial charge in [-0.15, -0.1) is 11.3 Å². The third-order valence-electron chi connectivity index (χ3n) is 7.63. The number of aromatic nitrogens is 1. The summed E-state index contributed by atoms with van der Waals surface area (Å²) in [7, 11) is 0. The Morgan fingerprint density at radius 1 is 0.487 bits per heavy atom. The van der Waals surface area contributed by atoms with Gasteiger partial charge < -0.3 is 4.57 Å². The molecule has 3 heteroatoms. The molecule has 8 rings (SSSR count). The van der Waals surface area contributed by atoms with E-state index in [1.165, 1.54) is 69.9 Å². The zero-order valence-electron chi connectivity index (χ0n) is 20.9. The van der Waals surface area contributed by atoms with E-state index in [0.29, 0.717) is 0 Å². The van der Waals surface area contributed by atoms with Gasteiger partial charge in [-0.25, -0.2) is 0 Å². The maximum absolute atomic E-state index is 3.84. The summed E-state index contributed by atoms with van der Waals surface area (Å²) in [6.45, 7) is 0. The SMILES string of the molecule is Brc1cc(-c2ccc3c(c2)sc2ccccc23)cc(-c2cccc3c2c2ccccc2n3-c2ccccc2)c1. The summed E-state index contributed by atoms with van der Waals surface area (Å²) >= 11 is 5.70. The molecule has 2 aromatic heterocycles. The summed E-state index contributed by atoms with van der Waals surface area (Å²) < 4.78 is 6.11. The first kappa shape index (κ1) is 22.8. The van der Waals surface area contributed by atoms with Crippen molar-refractivity contribution in [3.05, 3.63) is 138 Å². The van der Waals surface area contributed by atoms with Gasteiger partial charge in [-0.05, 0) is 76.9 Å². The lowest BCUT2D eigenvalue weighted by molar-refractivity contribution is 1.18. The van der Waals surface area contributed by atoms with Crippen LogP contribution in [0.15, 0.2) is 138 Å². The van der Waals surface area contributed by atoms with Crippen LogP contribution in [-0.2, 0) is 0 Å². The van der Waals surface area contributed by atoms with E-state index in [1.54, 1.807) is 0 Å². The monoisotopic (exact) mass is 579 g/mol. The van der Waals surface area contributed by atoms with Crippen molar-refractivity contribution in [3.63, 3.8) is 0 Å². The Labute approximate surface area is 238 Å². The molecule has 0 saturated carbocycles. The van der Waals surface area contributed by atoms with Gasteiger partial charge in [0.1, 0.15) is 0 Å². The van der Waals surface area contributed by atoms with Gasteiger partial charge in [0.15, 0.2) is 0 Å². The molecule has 0 bridgehead atoms. The molecule has 184 valence electrons. The largest absolute Gasteiger partial charge is 0.309 e. The zero-order chi connectivity index (χ0) is 25.9. The fraction of sp³-hybridized carbons (Fsp3) is 0. The van der Waals surface area contributed by atoms with E-state index in [0.717, 1.165) is 4.47 Å². The average Bonchev–Trinajstić information content (AvgIpc) is 3.52. The van der Waals surface area contributed by atoms with Crippen LogP contribution in [0.1, 0.15) is 0 Å². The van der Waals surface area contributed by atoms with Crippen LogP contribution in [0.25, 0.3) is 69.9 Å². The van der Waals surface area contributed by atoms with Gasteiger partial charge in [0.05, 0.1) is 11.0 Å². The van der Waals surface area contributed by atoms with Crippen molar-refractivity contribution in [1.29, 1.82) is 0 Å². The molecular formula is C36H22BrNS. The molecule has 0 N–H and O–H groups in total. The molecule has 2 heterocycles. The van der Waals surface area contributed by atoms with Gasteiger partial charge in [0.25, 0.3) is 0 Å². The summed E-state index contributed by atoms with van der Waals surface area (Å²) in [5, 5.41) is 5.20. The van der Waals surface area contributed by atoms with Crippen molar-refractivity contribution >= 4 is 69.2 Å². The molecule has 0 unspecified atom stereocenters. The van der Waals surface area contributed by atoms with Crippen LogP contribution in [0.3, 0.4) is 0 Å². The van der Waals surface area contributed by atoms with Crippen molar-refractivity contribution in [2.75, 3.05) is 0 Å². The molecule has 1 nitrogen and oxygen atoms in total. The highest BCUT2D eigenvalue weighted by Gasteiger charge is 2.17. The first-order chi connectivity index (χ1) is 19.2. The Bertz CT molecular complexity index is 2190. The summed E-state index contributed by atoms with van der Waals surface area (Å²) in [4.78, 5) is 0. The molecule has 0 aliphatic carbocycles. The van der Waals surface area contributed by atoms with Gasteiger partial charge in [-0.2, -0.15) is 0 Å². The molecule has 8 aromatic rings. The van der Waals surface area contributed by atoms with Crippen LogP contribution in [0.4, 0.5) is 0 Å². The molecule has 0 spiro atoms. The number of para-hydroxylation sites is 2. The smallest absolute Gasteiger partial charge is 0.0547 e. The first-order valence-electron chi connectivity index (χ1n) is 13.0. The minimum atomic E-state index is 1.08. The van der Waals surface area contributed by atoms with Gasteiger partial charge >= 0.3 is 0 Å². The molecule has 6 aromatic carbocycles. The number of thiophene rings is 1. The van der Waals surface area contributed by atoms with Crippen LogP contribution < -0.4 is 0 Å². The van der Waals surface area contributed by atoms with Crippen LogP contribution in [-0.4, -0.2) is 4.57 Å². The Morgan fingerprint density at radius 2 is 1.21 bits per heavy atom. The van der Waals surface area contributed by atoms with Gasteiger partial charge in [-0.3, -0.25) is 0 Å². The molecule has 0 amide bonds. The topological polar surface area (TPSA) is 4.93 Å². The number of benzene rings is 6. The fourth-order valence-corrected chi connectivity index (χ4v) is 7.57. The van der Waals surface area contributed by atoms with E-state index >= 15 is 0 Å². The van der Waals surface area contributed by atoms with Crippen molar-refractivity contribution in [2.45, 2.75) is 0 Å². The molecule has 0 aliphatic rings. The lowest BCUT2D eigenvalue weighted by atomic mass is 9.95. The third kappa shape index (κ3) is 3.65. The van der Waals surface area contributed by atoms with E-state index in [4.69, 9.17) is 0 Å². The fourth-order valence-electron chi connectivity index (χ4n) is 5.93. The molecule has 0 fully saturated rings. The normalized spacial score (nSPS) is 11.7. The zero-order valence-corrected chi connectivity index (χ0v) is 23.3. The number of hydrogen-bond acceptors (Lipinski definition) is 1. The minimum Gasteiger partial charge on any atom is -0.309 e. The maximum atomic E-state index is 3.84. The van der Waals surface area contributed by atoms with Crippen molar-refractivity contribution in [1.82, 2.24) is 4.57 Å². The molecule has 39 heavy (non-hydrogen) atoms. The molecule has 0 aliphatic heterocycles. The second-order valence-corrected chi connectivity index (χ2v) is 11.9. The van der Waals surface area contributed by atoms with E-state index < -0.39 is 0 Å². The van der Waals surface area contributed by atoms with Crippen LogP contribution in [0.2, 0.25) is 0 Å². The second-order valence-electron chi connectivity index (χ2n) is 9.93. The highest BCUT2D eigenvalue weighted by Crippen LogP contribution is 2.41. The van der Waals surface area contributed by atoms with Crippen LogP contribution in [0.5, 0.6) is 0 Å². The van der Waals surface area contributed by atoms with Gasteiger partial charge in [0.2, 0.25) is 0 Å². The number of fused-ring (bicyclic) bond motifs is 6. The standard InChI is InChI=1S/C36H22BrNS/c37-26-20-24(23-17-18-30-29-11-5-7-16-34(29)39-35(30)22-23)19-25(21-26)28-13-8-15-33-36(28)31-12-4-6-14-32(31)38(33)27-9-2-1-3-10-27/h1-22H. The minimum absolute atomic E-state index is 1.08. The van der Waals surface area contributed by atoms with Gasteiger partial charge in [-0.1, -0.05) is 94.8 Å². The molecular weight excluding hydrogens is 558 g/mol. The van der Waals surface area contributed by atoms with E-state index in [1.807, 2.05) is 11.3 Å². The summed E-state index contributed by atoms with van der Waals surface area (Å²) in [5.41, 5.74) is 8.50. The molecule has 0 saturated heterocycles. The number of hydrogen-bond donors (Lipinski definition) is 0. The molecule has 0 atom stereocenters. The lowest BCUT2D eigenvalue weighted by Gasteiger charge is -2.11. The first-order valence-corrected chi connectivity index (χ1v) is 14.7. The third-order valence-corrected chi connectivity index (χ3v) is 9.22.